The van der Waals surface area contributed by atoms with Crippen LogP contribution in [0.4, 0.5) is 0 Å². The molecule has 0 saturated carbocycles. The Balaban J connectivity index is 1.25. The van der Waals surface area contributed by atoms with Crippen LogP contribution in [0.25, 0.3) is 0 Å². The van der Waals surface area contributed by atoms with E-state index in [2.05, 4.69) is 34.5 Å². The van der Waals surface area contributed by atoms with Crippen LogP contribution in [-0.4, -0.2) is 57.1 Å². The zero-order valence-electron chi connectivity index (χ0n) is 16.6. The first-order valence-electron chi connectivity index (χ1n) is 10.4. The van der Waals surface area contributed by atoms with Crippen molar-refractivity contribution in [3.8, 4) is 0 Å². The van der Waals surface area contributed by atoms with Crippen molar-refractivity contribution in [2.45, 2.75) is 49.9 Å². The van der Waals surface area contributed by atoms with Gasteiger partial charge in [-0.2, -0.15) is 0 Å². The number of carbonyl (C=O) groups excluding carboxylic acids is 1. The van der Waals surface area contributed by atoms with Crippen LogP contribution < -0.4 is 5.69 Å². The number of aromatic nitrogens is 3. The molecule has 2 aliphatic heterocycles. The average molecular weight is 417 g/mol. The second kappa shape index (κ2) is 9.63. The Kier molecular flexibility index (Phi) is 6.71. The van der Waals surface area contributed by atoms with Gasteiger partial charge in [0.15, 0.2) is 5.16 Å². The lowest BCUT2D eigenvalue weighted by atomic mass is 9.90. The minimum atomic E-state index is -0.239. The van der Waals surface area contributed by atoms with Gasteiger partial charge in [0.05, 0.1) is 18.4 Å². The number of amides is 1. The van der Waals surface area contributed by atoms with E-state index in [1.54, 1.807) is 4.57 Å². The highest BCUT2D eigenvalue weighted by atomic mass is 32.2. The normalized spacial score (nSPS) is 20.3. The van der Waals surface area contributed by atoms with Gasteiger partial charge in [0, 0.05) is 19.7 Å². The largest absolute Gasteiger partial charge is 0.376 e. The second-order valence-electron chi connectivity index (χ2n) is 7.86. The van der Waals surface area contributed by atoms with Crippen LogP contribution in [0.1, 0.15) is 31.2 Å². The van der Waals surface area contributed by atoms with E-state index in [0.29, 0.717) is 23.4 Å². The lowest BCUT2D eigenvalue weighted by Gasteiger charge is -2.32. The predicted octanol–water partition coefficient (Wildman–Crippen LogP) is 2.32. The molecule has 4 rings (SSSR count). The second-order valence-corrected chi connectivity index (χ2v) is 8.80. The Morgan fingerprint density at radius 1 is 1.21 bits per heavy atom. The Bertz CT molecular complexity index is 852. The fraction of sp³-hybridized carbons (Fsp3) is 0.571. The van der Waals surface area contributed by atoms with Crippen molar-refractivity contribution >= 4 is 17.7 Å². The minimum absolute atomic E-state index is 0.0593. The molecule has 1 aromatic carbocycles. The van der Waals surface area contributed by atoms with Crippen molar-refractivity contribution in [3.05, 3.63) is 46.4 Å². The zero-order valence-corrected chi connectivity index (χ0v) is 17.4. The molecule has 1 aromatic heterocycles. The van der Waals surface area contributed by atoms with Crippen molar-refractivity contribution in [1.29, 1.82) is 0 Å². The Labute approximate surface area is 174 Å². The first kappa shape index (κ1) is 20.2. The summed E-state index contributed by atoms with van der Waals surface area (Å²) >= 11 is 1.33. The van der Waals surface area contributed by atoms with E-state index in [9.17, 15) is 9.59 Å². The van der Waals surface area contributed by atoms with Gasteiger partial charge in [-0.3, -0.25) is 9.36 Å². The van der Waals surface area contributed by atoms with Gasteiger partial charge in [-0.15, -0.1) is 5.10 Å². The van der Waals surface area contributed by atoms with Crippen molar-refractivity contribution in [2.24, 2.45) is 5.92 Å². The van der Waals surface area contributed by atoms with E-state index in [-0.39, 0.29) is 17.7 Å². The molecule has 0 aliphatic carbocycles. The van der Waals surface area contributed by atoms with Gasteiger partial charge in [-0.1, -0.05) is 42.1 Å². The van der Waals surface area contributed by atoms with Gasteiger partial charge in [0.1, 0.15) is 0 Å². The Morgan fingerprint density at radius 2 is 2.00 bits per heavy atom. The van der Waals surface area contributed by atoms with Crippen LogP contribution in [0.2, 0.25) is 0 Å². The molecule has 156 valence electrons. The molecule has 0 bridgehead atoms. The summed E-state index contributed by atoms with van der Waals surface area (Å²) < 4.78 is 7.22. The van der Waals surface area contributed by atoms with Gasteiger partial charge in [0.2, 0.25) is 5.91 Å². The molecular weight excluding hydrogens is 388 g/mol. The van der Waals surface area contributed by atoms with E-state index in [1.807, 2.05) is 11.0 Å². The molecule has 2 aromatic rings. The average Bonchev–Trinajstić information content (AvgIpc) is 3.38. The molecule has 1 N–H and O–H groups in total. The molecule has 0 spiro atoms. The highest BCUT2D eigenvalue weighted by Gasteiger charge is 2.24. The fourth-order valence-electron chi connectivity index (χ4n) is 4.12. The molecule has 29 heavy (non-hydrogen) atoms. The number of piperidine rings is 1. The van der Waals surface area contributed by atoms with Crippen molar-refractivity contribution < 1.29 is 9.53 Å². The third-order valence-electron chi connectivity index (χ3n) is 5.79. The van der Waals surface area contributed by atoms with Gasteiger partial charge in [-0.05, 0) is 43.6 Å². The molecule has 1 atom stereocenters. The quantitative estimate of drug-likeness (QED) is 0.701. The summed E-state index contributed by atoms with van der Waals surface area (Å²) in [5.41, 5.74) is 1.13. The SMILES string of the molecule is O=C(CSc1n[nH]c(=O)n1C[C@@H]1CCCO1)N1CCC(Cc2ccccc2)CC1. The van der Waals surface area contributed by atoms with Crippen LogP contribution in [-0.2, 0) is 22.5 Å². The smallest absolute Gasteiger partial charge is 0.344 e. The van der Waals surface area contributed by atoms with Crippen LogP contribution in [0.15, 0.2) is 40.3 Å². The number of benzene rings is 1. The number of hydrogen-bond acceptors (Lipinski definition) is 5. The monoisotopic (exact) mass is 416 g/mol. The maximum absolute atomic E-state index is 12.7. The van der Waals surface area contributed by atoms with E-state index in [0.717, 1.165) is 51.8 Å². The van der Waals surface area contributed by atoms with Crippen molar-refractivity contribution in [2.75, 3.05) is 25.4 Å². The minimum Gasteiger partial charge on any atom is -0.376 e. The summed E-state index contributed by atoms with van der Waals surface area (Å²) in [4.78, 5) is 26.6. The molecule has 8 heteroatoms. The maximum Gasteiger partial charge on any atom is 0.344 e. The number of hydrogen-bond donors (Lipinski definition) is 1. The number of rotatable bonds is 7. The van der Waals surface area contributed by atoms with Crippen LogP contribution in [0.5, 0.6) is 0 Å². The molecule has 1 amide bonds. The van der Waals surface area contributed by atoms with E-state index in [1.165, 1.54) is 17.3 Å². The number of thioether (sulfide) groups is 1. The molecule has 3 heterocycles. The maximum atomic E-state index is 12.7. The Morgan fingerprint density at radius 3 is 2.72 bits per heavy atom. The predicted molar refractivity (Wildman–Crippen MR) is 112 cm³/mol. The summed E-state index contributed by atoms with van der Waals surface area (Å²) in [5.74, 6) is 1.06. The van der Waals surface area contributed by atoms with Crippen LogP contribution in [0.3, 0.4) is 0 Å². The molecule has 7 nitrogen and oxygen atoms in total. The lowest BCUT2D eigenvalue weighted by molar-refractivity contribution is -0.129. The molecule has 2 fully saturated rings. The molecule has 0 radical (unpaired) electrons. The number of ether oxygens (including phenoxy) is 1. The lowest BCUT2D eigenvalue weighted by Crippen LogP contribution is -2.40. The third-order valence-corrected chi connectivity index (χ3v) is 6.75. The van der Waals surface area contributed by atoms with Crippen molar-refractivity contribution in [3.63, 3.8) is 0 Å². The fourth-order valence-corrected chi connectivity index (χ4v) is 4.98. The van der Waals surface area contributed by atoms with Gasteiger partial charge < -0.3 is 9.64 Å². The van der Waals surface area contributed by atoms with Crippen LogP contribution in [0, 0.1) is 5.92 Å². The first-order chi connectivity index (χ1) is 14.2. The van der Waals surface area contributed by atoms with Crippen molar-refractivity contribution in [1.82, 2.24) is 19.7 Å². The number of likely N-dealkylation sites (tertiary alicyclic amines) is 1. The van der Waals surface area contributed by atoms with E-state index >= 15 is 0 Å². The highest BCUT2D eigenvalue weighted by molar-refractivity contribution is 7.99. The third kappa shape index (κ3) is 5.30. The summed E-state index contributed by atoms with van der Waals surface area (Å²) in [5, 5.41) is 7.16. The van der Waals surface area contributed by atoms with E-state index < -0.39 is 0 Å². The Hall–Kier alpha value is -2.06. The number of H-pyrrole nitrogens is 1. The summed E-state index contributed by atoms with van der Waals surface area (Å²) in [6.45, 7) is 2.86. The highest BCUT2D eigenvalue weighted by Crippen LogP contribution is 2.23. The van der Waals surface area contributed by atoms with E-state index in [4.69, 9.17) is 4.74 Å². The number of carbonyl (C=O) groups is 1. The molecule has 2 aliphatic rings. The number of aromatic amines is 1. The van der Waals surface area contributed by atoms with Gasteiger partial charge in [0.25, 0.3) is 0 Å². The molecule has 2 saturated heterocycles. The molecular formula is C21H28N4O3S. The van der Waals surface area contributed by atoms with Gasteiger partial charge in [-0.25, -0.2) is 9.89 Å². The zero-order chi connectivity index (χ0) is 20.1. The first-order valence-corrected chi connectivity index (χ1v) is 11.4. The summed E-state index contributed by atoms with van der Waals surface area (Å²) in [7, 11) is 0. The molecule has 0 unspecified atom stereocenters. The summed E-state index contributed by atoms with van der Waals surface area (Å²) in [6.07, 6.45) is 5.20. The van der Waals surface area contributed by atoms with Gasteiger partial charge >= 0.3 is 5.69 Å². The number of nitrogens with zero attached hydrogens (tertiary/aromatic N) is 3. The van der Waals surface area contributed by atoms with Crippen LogP contribution >= 0.6 is 11.8 Å². The standard InChI is InChI=1S/C21H28N4O3S/c26-19(24-10-8-17(9-11-24)13-16-5-2-1-3-6-16)15-29-21-23-22-20(27)25(21)14-18-7-4-12-28-18/h1-3,5-6,17-18H,4,7-15H2,(H,22,27)/t18-/m0/s1. The number of nitrogens with one attached hydrogen (secondary N) is 1. The summed E-state index contributed by atoms with van der Waals surface area (Å²) in [6, 6.07) is 10.6. The topological polar surface area (TPSA) is 80.2 Å².